The van der Waals surface area contributed by atoms with Crippen molar-refractivity contribution in [1.82, 2.24) is 19.7 Å². The molecule has 5 aliphatic rings. The Kier molecular flexibility index (Phi) is 8.22. The Morgan fingerprint density at radius 1 is 0.904 bits per heavy atom. The van der Waals surface area contributed by atoms with E-state index in [1.54, 1.807) is 11.3 Å². The van der Waals surface area contributed by atoms with Crippen molar-refractivity contribution in [3.63, 3.8) is 0 Å². The molecule has 0 spiro atoms. The number of fused-ring (bicyclic) bond motifs is 2. The summed E-state index contributed by atoms with van der Waals surface area (Å²) in [5, 5.41) is 5.65. The van der Waals surface area contributed by atoms with Crippen LogP contribution in [0, 0.1) is 30.1 Å². The smallest absolute Gasteiger partial charge is 0.196 e. The summed E-state index contributed by atoms with van der Waals surface area (Å²) < 4.78 is 27.9. The Morgan fingerprint density at radius 2 is 1.65 bits per heavy atom. The number of para-hydroxylation sites is 1. The summed E-state index contributed by atoms with van der Waals surface area (Å²) in [6.45, 7) is 4.03. The Hall–Kier alpha value is -4.22. The first-order chi connectivity index (χ1) is 25.0. The molecule has 0 atom stereocenters. The van der Waals surface area contributed by atoms with Crippen LogP contribution in [-0.2, 0) is 35.8 Å². The van der Waals surface area contributed by atoms with Crippen LogP contribution in [-0.4, -0.2) is 58.3 Å². The van der Waals surface area contributed by atoms with E-state index < -0.39 is 21.4 Å². The molecule has 4 heterocycles. The number of carbonyl (C=O) groups is 2. The highest BCUT2D eigenvalue weighted by Gasteiger charge is 2.51. The number of benzene rings is 2. The number of hydrogen-bond donors (Lipinski definition) is 0. The molecule has 5 aromatic rings. The lowest BCUT2D eigenvalue weighted by Crippen LogP contribution is -2.48. The van der Waals surface area contributed by atoms with Gasteiger partial charge in [0, 0.05) is 48.3 Å². The number of sulfone groups is 1. The second-order valence-corrected chi connectivity index (χ2v) is 19.3. The Balaban J connectivity index is 1.01. The number of rotatable bonds is 10. The summed E-state index contributed by atoms with van der Waals surface area (Å²) in [5.41, 5.74) is 6.48. The van der Waals surface area contributed by atoms with E-state index in [0.717, 1.165) is 68.2 Å². The van der Waals surface area contributed by atoms with Crippen LogP contribution in [0.25, 0.3) is 21.3 Å². The standard InChI is InChI=1S/C41H43N5O4S2/c1-25-32(21-42-46(25)24-41-18-26-14-27(19-41)16-28(15-26)20-41)31-10-11-38(44-40(31)36(48)23-52(2,49)50)45-13-12-29-6-5-7-30(33(29)22-45)35(47)17-39-43-34-8-3-4-9-37(34)51-39/h3-11,21,26-28H,12-20,22-24H2,1-2H3. The quantitative estimate of drug-likeness (QED) is 0.138. The normalized spacial score (nSPS) is 23.7. The molecule has 0 N–H and O–H groups in total. The first-order valence-electron chi connectivity index (χ1n) is 18.5. The van der Waals surface area contributed by atoms with Crippen molar-refractivity contribution >= 4 is 48.8 Å². The van der Waals surface area contributed by atoms with Crippen LogP contribution in [0.5, 0.6) is 0 Å². The second-order valence-electron chi connectivity index (χ2n) is 16.1. The Bertz CT molecular complexity index is 2290. The highest BCUT2D eigenvalue weighted by atomic mass is 32.2. The molecule has 10 rings (SSSR count). The predicted molar refractivity (Wildman–Crippen MR) is 204 cm³/mol. The zero-order valence-electron chi connectivity index (χ0n) is 29.7. The summed E-state index contributed by atoms with van der Waals surface area (Å²) in [4.78, 5) is 39.2. The first-order valence-corrected chi connectivity index (χ1v) is 21.3. The number of aromatic nitrogens is 4. The van der Waals surface area contributed by atoms with Crippen molar-refractivity contribution < 1.29 is 18.0 Å². The summed E-state index contributed by atoms with van der Waals surface area (Å²) in [5.74, 6) is 1.97. The zero-order valence-corrected chi connectivity index (χ0v) is 31.3. The minimum absolute atomic E-state index is 0.0195. The van der Waals surface area contributed by atoms with Crippen molar-refractivity contribution in [2.75, 3.05) is 23.5 Å². The number of anilines is 1. The fourth-order valence-corrected chi connectivity index (χ4v) is 11.9. The topological polar surface area (TPSA) is 115 Å². The number of pyridine rings is 1. The molecule has 4 aliphatic carbocycles. The molecule has 4 saturated carbocycles. The van der Waals surface area contributed by atoms with Gasteiger partial charge in [0.15, 0.2) is 21.4 Å². The molecule has 9 nitrogen and oxygen atoms in total. The minimum atomic E-state index is -3.60. The van der Waals surface area contributed by atoms with Gasteiger partial charge in [0.1, 0.15) is 22.3 Å². The van der Waals surface area contributed by atoms with Crippen molar-refractivity contribution in [2.24, 2.45) is 23.2 Å². The van der Waals surface area contributed by atoms with E-state index >= 15 is 0 Å². The van der Waals surface area contributed by atoms with Crippen LogP contribution in [0.15, 0.2) is 60.8 Å². The number of nitrogens with zero attached hydrogens (tertiary/aromatic N) is 5. The molecule has 3 aromatic heterocycles. The van der Waals surface area contributed by atoms with E-state index in [0.29, 0.717) is 41.9 Å². The highest BCUT2D eigenvalue weighted by Crippen LogP contribution is 2.60. The molecule has 2 aromatic carbocycles. The molecule has 4 fully saturated rings. The molecule has 0 amide bonds. The van der Waals surface area contributed by atoms with Crippen LogP contribution in [0.3, 0.4) is 0 Å². The summed E-state index contributed by atoms with van der Waals surface area (Å²) >= 11 is 1.55. The molecule has 52 heavy (non-hydrogen) atoms. The molecule has 268 valence electrons. The molecule has 0 unspecified atom stereocenters. The van der Waals surface area contributed by atoms with Crippen molar-refractivity contribution in [2.45, 2.75) is 71.4 Å². The van der Waals surface area contributed by atoms with Gasteiger partial charge in [-0.2, -0.15) is 5.10 Å². The van der Waals surface area contributed by atoms with Gasteiger partial charge in [0.05, 0.1) is 22.8 Å². The van der Waals surface area contributed by atoms with Gasteiger partial charge in [0.25, 0.3) is 0 Å². The van der Waals surface area contributed by atoms with Gasteiger partial charge in [-0.3, -0.25) is 14.3 Å². The lowest BCUT2D eigenvalue weighted by atomic mass is 9.49. The van der Waals surface area contributed by atoms with Gasteiger partial charge in [-0.05, 0) is 110 Å². The minimum Gasteiger partial charge on any atom is -0.352 e. The third kappa shape index (κ3) is 6.29. The molecule has 4 bridgehead atoms. The average molecular weight is 734 g/mol. The Morgan fingerprint density at radius 3 is 2.38 bits per heavy atom. The summed E-state index contributed by atoms with van der Waals surface area (Å²) in [6, 6.07) is 17.6. The van der Waals surface area contributed by atoms with Crippen LogP contribution in [0.1, 0.15) is 81.2 Å². The van der Waals surface area contributed by atoms with Gasteiger partial charge >= 0.3 is 0 Å². The summed E-state index contributed by atoms with van der Waals surface area (Å²) in [7, 11) is -3.60. The lowest BCUT2D eigenvalue weighted by Gasteiger charge is -2.56. The number of hydrogen-bond acceptors (Lipinski definition) is 9. The number of ketones is 2. The fraction of sp³-hybridized carbons (Fsp3) is 0.439. The van der Waals surface area contributed by atoms with E-state index in [1.807, 2.05) is 54.7 Å². The van der Waals surface area contributed by atoms with Crippen LogP contribution in [0.2, 0.25) is 0 Å². The SMILES string of the molecule is Cc1c(-c2ccc(N3CCc4cccc(C(=O)Cc5nc6ccccc6s5)c4C3)nc2C(=O)CS(C)(=O)=O)cnn1CC12CC3CC(CC(C3)C1)C2. The third-order valence-electron chi connectivity index (χ3n) is 12.1. The van der Waals surface area contributed by atoms with Crippen LogP contribution < -0.4 is 4.90 Å². The lowest BCUT2D eigenvalue weighted by molar-refractivity contribution is -0.0638. The van der Waals surface area contributed by atoms with Crippen molar-refractivity contribution in [3.8, 4) is 11.1 Å². The first kappa shape index (κ1) is 33.6. The van der Waals surface area contributed by atoms with Crippen molar-refractivity contribution in [3.05, 3.63) is 93.9 Å². The fourth-order valence-electron chi connectivity index (χ4n) is 10.3. The van der Waals surface area contributed by atoms with E-state index in [4.69, 9.17) is 10.1 Å². The number of carbonyl (C=O) groups excluding carboxylic acids is 2. The van der Waals surface area contributed by atoms with E-state index in [2.05, 4.69) is 27.6 Å². The van der Waals surface area contributed by atoms with Gasteiger partial charge in [-0.25, -0.2) is 18.4 Å². The van der Waals surface area contributed by atoms with Gasteiger partial charge in [-0.15, -0.1) is 11.3 Å². The number of Topliss-reactive ketones (excluding diaryl/α,β-unsaturated/α-hetero) is 2. The van der Waals surface area contributed by atoms with E-state index in [1.165, 1.54) is 38.5 Å². The largest absolute Gasteiger partial charge is 0.352 e. The molecular weight excluding hydrogens is 691 g/mol. The monoisotopic (exact) mass is 733 g/mol. The third-order valence-corrected chi connectivity index (χ3v) is 14.0. The maximum atomic E-state index is 13.7. The van der Waals surface area contributed by atoms with Crippen molar-refractivity contribution in [1.29, 1.82) is 0 Å². The maximum absolute atomic E-state index is 13.7. The zero-order chi connectivity index (χ0) is 35.8. The second kappa shape index (κ2) is 12.7. The van der Waals surface area contributed by atoms with Crippen LogP contribution in [0.4, 0.5) is 5.82 Å². The molecular formula is C41H43N5O4S2. The van der Waals surface area contributed by atoms with E-state index in [9.17, 15) is 18.0 Å². The van der Waals surface area contributed by atoms with Gasteiger partial charge in [0.2, 0.25) is 0 Å². The predicted octanol–water partition coefficient (Wildman–Crippen LogP) is 7.30. The Labute approximate surface area is 308 Å². The molecule has 0 saturated heterocycles. The molecule has 11 heteroatoms. The van der Waals surface area contributed by atoms with E-state index in [-0.39, 0.29) is 17.9 Å². The van der Waals surface area contributed by atoms with Crippen LogP contribution >= 0.6 is 11.3 Å². The summed E-state index contributed by atoms with van der Waals surface area (Å²) in [6.07, 6.45) is 11.8. The maximum Gasteiger partial charge on any atom is 0.196 e. The molecule has 1 aliphatic heterocycles. The average Bonchev–Trinajstić information content (AvgIpc) is 3.67. The van der Waals surface area contributed by atoms with Gasteiger partial charge < -0.3 is 4.90 Å². The van der Waals surface area contributed by atoms with Gasteiger partial charge in [-0.1, -0.05) is 30.3 Å². The number of thiazole rings is 1. The highest BCUT2D eigenvalue weighted by molar-refractivity contribution is 7.91. The molecule has 0 radical (unpaired) electrons.